The lowest BCUT2D eigenvalue weighted by Crippen LogP contribution is -2.35. The minimum absolute atomic E-state index is 1.10. The third-order valence-corrected chi connectivity index (χ3v) is 1.84. The molecule has 0 aromatic heterocycles. The molecule has 1 atom stereocenters. The number of rotatable bonds is 1. The first-order valence-corrected chi connectivity index (χ1v) is 3.27. The second-order valence-corrected chi connectivity index (χ2v) is 3.26. The van der Waals surface area contributed by atoms with Crippen LogP contribution in [-0.2, 0) is 0 Å². The van der Waals surface area contributed by atoms with E-state index in [0.29, 0.717) is 0 Å². The Bertz CT molecular complexity index is 90.3. The molecule has 0 aromatic rings. The summed E-state index contributed by atoms with van der Waals surface area (Å²) >= 11 is 1.61. The Hall–Kier alpha value is 0.480. The Labute approximate surface area is 65.7 Å². The number of nitrogens with zero attached hydrogens (tertiary/aromatic N) is 1. The van der Waals surface area contributed by atoms with Crippen LogP contribution in [0.2, 0.25) is 0 Å². The molecule has 0 aliphatic heterocycles. The van der Waals surface area contributed by atoms with Crippen LogP contribution in [0, 0.1) is 0 Å². The molecule has 0 fully saturated rings. The maximum absolute atomic E-state index is 11.7. The Kier molecular flexibility index (Phi) is 3.21. The zero-order valence-corrected chi connectivity index (χ0v) is 7.19. The lowest BCUT2D eigenvalue weighted by atomic mass is 10.3. The highest BCUT2D eigenvalue weighted by Gasteiger charge is 2.37. The largest absolute Gasteiger partial charge is 0.404 e. The Morgan fingerprint density at radius 1 is 1.44 bits per heavy atom. The van der Waals surface area contributed by atoms with Gasteiger partial charge in [-0.25, -0.2) is 3.11 Å². The SMILES string of the molecule is CC(N(C)I)C(F)(F)F. The molecule has 0 aliphatic carbocycles. The van der Waals surface area contributed by atoms with Crippen molar-refractivity contribution in [1.29, 1.82) is 0 Å². The number of alkyl halides is 3. The molecule has 5 heteroatoms. The molecule has 0 aliphatic rings. The molecule has 56 valence electrons. The van der Waals surface area contributed by atoms with Gasteiger partial charge in [-0.1, -0.05) is 0 Å². The van der Waals surface area contributed by atoms with Crippen molar-refractivity contribution in [2.45, 2.75) is 19.1 Å². The molecule has 0 radical (unpaired) electrons. The molecule has 0 amide bonds. The lowest BCUT2D eigenvalue weighted by Gasteiger charge is -2.19. The molecule has 0 bridgehead atoms. The standard InChI is InChI=1S/C4H7F3IN/c1-3(9(2)8)4(5,6)7/h3H,1-2H3. The van der Waals surface area contributed by atoms with Gasteiger partial charge in [-0.2, -0.15) is 13.2 Å². The van der Waals surface area contributed by atoms with E-state index in [1.54, 1.807) is 22.9 Å². The van der Waals surface area contributed by atoms with E-state index in [2.05, 4.69) is 0 Å². The van der Waals surface area contributed by atoms with Gasteiger partial charge in [0.05, 0.1) is 0 Å². The fraction of sp³-hybridized carbons (Fsp3) is 1.00. The third kappa shape index (κ3) is 3.24. The zero-order valence-electron chi connectivity index (χ0n) is 5.04. The van der Waals surface area contributed by atoms with Crippen molar-refractivity contribution in [2.75, 3.05) is 7.05 Å². The monoisotopic (exact) mass is 253 g/mol. The summed E-state index contributed by atoms with van der Waals surface area (Å²) in [7, 11) is 1.39. The van der Waals surface area contributed by atoms with Crippen LogP contribution in [0.5, 0.6) is 0 Å². The highest BCUT2D eigenvalue weighted by atomic mass is 127. The van der Waals surface area contributed by atoms with E-state index in [4.69, 9.17) is 0 Å². The number of hydrogen-bond donors (Lipinski definition) is 0. The van der Waals surface area contributed by atoms with E-state index >= 15 is 0 Å². The summed E-state index contributed by atoms with van der Waals surface area (Å²) in [5, 5.41) is 0. The van der Waals surface area contributed by atoms with Gasteiger partial charge in [-0.05, 0) is 14.0 Å². The van der Waals surface area contributed by atoms with Crippen molar-refractivity contribution in [3.8, 4) is 0 Å². The van der Waals surface area contributed by atoms with Crippen LogP contribution in [-0.4, -0.2) is 22.4 Å². The van der Waals surface area contributed by atoms with E-state index in [9.17, 15) is 13.2 Å². The maximum atomic E-state index is 11.7. The summed E-state index contributed by atoms with van der Waals surface area (Å²) in [6.07, 6.45) is -4.10. The Morgan fingerprint density at radius 2 is 1.78 bits per heavy atom. The zero-order chi connectivity index (χ0) is 7.65. The summed E-state index contributed by atoms with van der Waals surface area (Å²) < 4.78 is 36.1. The molecule has 0 rings (SSSR count). The van der Waals surface area contributed by atoms with Gasteiger partial charge in [0.1, 0.15) is 6.04 Å². The third-order valence-electron chi connectivity index (χ3n) is 1.01. The van der Waals surface area contributed by atoms with Crippen LogP contribution in [0.3, 0.4) is 0 Å². The van der Waals surface area contributed by atoms with Crippen molar-refractivity contribution in [1.82, 2.24) is 3.11 Å². The Morgan fingerprint density at radius 3 is 1.78 bits per heavy atom. The van der Waals surface area contributed by atoms with Crippen molar-refractivity contribution in [2.24, 2.45) is 0 Å². The molecule has 9 heavy (non-hydrogen) atoms. The number of halogens is 4. The first kappa shape index (κ1) is 9.48. The van der Waals surface area contributed by atoms with E-state index in [-0.39, 0.29) is 0 Å². The highest BCUT2D eigenvalue weighted by molar-refractivity contribution is 14.1. The van der Waals surface area contributed by atoms with Crippen LogP contribution >= 0.6 is 22.9 Å². The van der Waals surface area contributed by atoms with Crippen LogP contribution < -0.4 is 0 Å². The quantitative estimate of drug-likeness (QED) is 0.511. The summed E-state index contributed by atoms with van der Waals surface area (Å²) in [6.45, 7) is 1.12. The lowest BCUT2D eigenvalue weighted by molar-refractivity contribution is -0.160. The van der Waals surface area contributed by atoms with Gasteiger partial charge in [0.2, 0.25) is 0 Å². The molecule has 1 nitrogen and oxygen atoms in total. The molecule has 0 saturated carbocycles. The van der Waals surface area contributed by atoms with E-state index in [0.717, 1.165) is 10.0 Å². The van der Waals surface area contributed by atoms with Gasteiger partial charge < -0.3 is 0 Å². The summed E-state index contributed by atoms with van der Waals surface area (Å²) in [5.74, 6) is 0. The highest BCUT2D eigenvalue weighted by Crippen LogP contribution is 2.24. The fourth-order valence-corrected chi connectivity index (χ4v) is 0.518. The molecular weight excluding hydrogens is 246 g/mol. The first-order valence-electron chi connectivity index (χ1n) is 2.31. The normalized spacial score (nSPS) is 16.3. The molecule has 0 N–H and O–H groups in total. The van der Waals surface area contributed by atoms with Crippen LogP contribution in [0.25, 0.3) is 0 Å². The van der Waals surface area contributed by atoms with Crippen LogP contribution in [0.15, 0.2) is 0 Å². The second kappa shape index (κ2) is 3.05. The van der Waals surface area contributed by atoms with Crippen molar-refractivity contribution < 1.29 is 13.2 Å². The van der Waals surface area contributed by atoms with Crippen LogP contribution in [0.1, 0.15) is 6.92 Å². The second-order valence-electron chi connectivity index (χ2n) is 1.74. The van der Waals surface area contributed by atoms with E-state index in [1.807, 2.05) is 0 Å². The molecular formula is C4H7F3IN. The van der Waals surface area contributed by atoms with E-state index < -0.39 is 12.2 Å². The van der Waals surface area contributed by atoms with Crippen molar-refractivity contribution >= 4 is 22.9 Å². The van der Waals surface area contributed by atoms with Gasteiger partial charge in [0, 0.05) is 22.9 Å². The topological polar surface area (TPSA) is 3.24 Å². The van der Waals surface area contributed by atoms with Gasteiger partial charge >= 0.3 is 6.18 Å². The van der Waals surface area contributed by atoms with Crippen molar-refractivity contribution in [3.63, 3.8) is 0 Å². The summed E-state index contributed by atoms with van der Waals surface area (Å²) in [5.41, 5.74) is 0. The molecule has 0 saturated heterocycles. The number of hydrogen-bond acceptors (Lipinski definition) is 1. The van der Waals surface area contributed by atoms with Crippen LogP contribution in [0.4, 0.5) is 13.2 Å². The molecule has 1 unspecified atom stereocenters. The first-order chi connectivity index (χ1) is 3.85. The van der Waals surface area contributed by atoms with Gasteiger partial charge in [-0.3, -0.25) is 0 Å². The van der Waals surface area contributed by atoms with Gasteiger partial charge in [0.25, 0.3) is 0 Å². The van der Waals surface area contributed by atoms with E-state index in [1.165, 1.54) is 7.05 Å². The van der Waals surface area contributed by atoms with Crippen molar-refractivity contribution in [3.05, 3.63) is 0 Å². The molecule has 0 aromatic carbocycles. The van der Waals surface area contributed by atoms with Gasteiger partial charge in [0.15, 0.2) is 0 Å². The predicted octanol–water partition coefficient (Wildman–Crippen LogP) is 2.22. The predicted molar refractivity (Wildman–Crippen MR) is 37.3 cm³/mol. The summed E-state index contributed by atoms with van der Waals surface area (Å²) in [4.78, 5) is 0. The molecule has 0 spiro atoms. The average molecular weight is 253 g/mol. The van der Waals surface area contributed by atoms with Gasteiger partial charge in [-0.15, -0.1) is 0 Å². The fourth-order valence-electron chi connectivity index (χ4n) is 0.202. The maximum Gasteiger partial charge on any atom is 0.404 e. The average Bonchev–Trinajstić information content (AvgIpc) is 1.62. The summed E-state index contributed by atoms with van der Waals surface area (Å²) in [6, 6.07) is -1.36. The minimum atomic E-state index is -4.10. The smallest absolute Gasteiger partial charge is 0.239 e. The Balaban J connectivity index is 3.88. The minimum Gasteiger partial charge on any atom is -0.239 e. The molecule has 0 heterocycles.